The van der Waals surface area contributed by atoms with Crippen molar-refractivity contribution in [3.05, 3.63) is 101 Å². The van der Waals surface area contributed by atoms with E-state index >= 15 is 0 Å². The zero-order chi connectivity index (χ0) is 20.2. The van der Waals surface area contributed by atoms with Crippen LogP contribution in [0.25, 0.3) is 11.3 Å². The molecule has 0 aliphatic carbocycles. The summed E-state index contributed by atoms with van der Waals surface area (Å²) in [6.07, 6.45) is 0. The molecule has 0 fully saturated rings. The van der Waals surface area contributed by atoms with Gasteiger partial charge in [-0.15, -0.1) is 0 Å². The highest BCUT2D eigenvalue weighted by molar-refractivity contribution is 9.10. The minimum atomic E-state index is -0.216. The van der Waals surface area contributed by atoms with E-state index in [1.54, 1.807) is 25.1 Å². The largest absolute Gasteiger partial charge is 0.461 e. The first-order chi connectivity index (χ1) is 14.1. The molecule has 0 saturated heterocycles. The quantitative estimate of drug-likeness (QED) is 0.356. The minimum Gasteiger partial charge on any atom is -0.461 e. The first kappa shape index (κ1) is 19.0. The van der Waals surface area contributed by atoms with Crippen molar-refractivity contribution in [2.24, 2.45) is 0 Å². The monoisotopic (exact) mass is 447 g/mol. The molecule has 1 amide bonds. The number of para-hydroxylation sites is 1. The summed E-state index contributed by atoms with van der Waals surface area (Å²) in [5, 5.41) is 2.90. The Hall–Kier alpha value is -3.31. The highest BCUT2D eigenvalue weighted by Crippen LogP contribution is 2.28. The molecule has 0 aliphatic heterocycles. The van der Waals surface area contributed by atoms with E-state index in [4.69, 9.17) is 9.15 Å². The van der Waals surface area contributed by atoms with Gasteiger partial charge in [0.25, 0.3) is 5.91 Å². The van der Waals surface area contributed by atoms with Crippen molar-refractivity contribution in [2.45, 2.75) is 6.92 Å². The Morgan fingerprint density at radius 1 is 0.897 bits per heavy atom. The lowest BCUT2D eigenvalue weighted by molar-refractivity contribution is 0.102. The molecule has 1 heterocycles. The van der Waals surface area contributed by atoms with Crippen LogP contribution in [0.5, 0.6) is 11.5 Å². The van der Waals surface area contributed by atoms with Gasteiger partial charge < -0.3 is 14.5 Å². The van der Waals surface area contributed by atoms with Crippen LogP contribution in [-0.2, 0) is 0 Å². The molecule has 4 rings (SSSR count). The van der Waals surface area contributed by atoms with E-state index in [9.17, 15) is 4.79 Å². The van der Waals surface area contributed by atoms with Gasteiger partial charge in [0.2, 0.25) is 0 Å². The number of hydrogen-bond acceptors (Lipinski definition) is 3. The molecule has 0 bridgehead atoms. The fourth-order valence-corrected chi connectivity index (χ4v) is 3.16. The van der Waals surface area contributed by atoms with Crippen LogP contribution in [0.15, 0.2) is 93.8 Å². The Bertz CT molecular complexity index is 1120. The Kier molecular flexibility index (Phi) is 5.49. The molecule has 0 unspecified atom stereocenters. The maximum atomic E-state index is 12.7. The lowest BCUT2D eigenvalue weighted by Gasteiger charge is -2.07. The number of furan rings is 1. The molecule has 0 saturated carbocycles. The second-order valence-electron chi connectivity index (χ2n) is 6.48. The van der Waals surface area contributed by atoms with Gasteiger partial charge in [0.1, 0.15) is 23.0 Å². The molecule has 0 radical (unpaired) electrons. The third-order valence-electron chi connectivity index (χ3n) is 4.38. The lowest BCUT2D eigenvalue weighted by atomic mass is 10.1. The molecule has 1 N–H and O–H groups in total. The summed E-state index contributed by atoms with van der Waals surface area (Å²) in [6, 6.07) is 26.3. The number of ether oxygens (including phenoxy) is 1. The molecule has 0 aliphatic rings. The van der Waals surface area contributed by atoms with E-state index in [1.807, 2.05) is 66.7 Å². The number of rotatable bonds is 5. The van der Waals surface area contributed by atoms with Crippen LogP contribution < -0.4 is 10.1 Å². The van der Waals surface area contributed by atoms with Gasteiger partial charge in [-0.2, -0.15) is 0 Å². The fraction of sp³-hybridized carbons (Fsp3) is 0.0417. The van der Waals surface area contributed by atoms with Gasteiger partial charge in [0.15, 0.2) is 0 Å². The van der Waals surface area contributed by atoms with Crippen molar-refractivity contribution >= 4 is 27.5 Å². The van der Waals surface area contributed by atoms with E-state index in [0.29, 0.717) is 28.5 Å². The fourth-order valence-electron chi connectivity index (χ4n) is 2.89. The standard InChI is InChI=1S/C24H18BrNO3/c1-16-22(15-23(28-16)17-7-9-18(25)10-8-17)24(27)26-19-11-13-21(14-12-19)29-20-5-3-2-4-6-20/h2-15H,1H3,(H,26,27). The van der Waals surface area contributed by atoms with Crippen LogP contribution in [0.3, 0.4) is 0 Å². The molecule has 1 aromatic heterocycles. The van der Waals surface area contributed by atoms with Crippen molar-refractivity contribution in [1.82, 2.24) is 0 Å². The van der Waals surface area contributed by atoms with Gasteiger partial charge >= 0.3 is 0 Å². The Balaban J connectivity index is 1.46. The summed E-state index contributed by atoms with van der Waals surface area (Å²) in [7, 11) is 0. The predicted octanol–water partition coefficient (Wildman–Crippen LogP) is 7.06. The van der Waals surface area contributed by atoms with Gasteiger partial charge in [0, 0.05) is 15.7 Å². The van der Waals surface area contributed by atoms with Gasteiger partial charge in [-0.05, 0) is 61.5 Å². The van der Waals surface area contributed by atoms with Crippen molar-refractivity contribution in [3.63, 3.8) is 0 Å². The van der Waals surface area contributed by atoms with Crippen molar-refractivity contribution in [3.8, 4) is 22.8 Å². The van der Waals surface area contributed by atoms with E-state index < -0.39 is 0 Å². The second-order valence-corrected chi connectivity index (χ2v) is 7.40. The van der Waals surface area contributed by atoms with Gasteiger partial charge in [-0.1, -0.05) is 46.3 Å². The smallest absolute Gasteiger partial charge is 0.259 e. The molecule has 4 nitrogen and oxygen atoms in total. The second kappa shape index (κ2) is 8.37. The van der Waals surface area contributed by atoms with Crippen LogP contribution in [0.4, 0.5) is 5.69 Å². The van der Waals surface area contributed by atoms with Crippen LogP contribution in [0.1, 0.15) is 16.1 Å². The summed E-state index contributed by atoms with van der Waals surface area (Å²) < 4.78 is 12.5. The molecule has 5 heteroatoms. The summed E-state index contributed by atoms with van der Waals surface area (Å²) in [4.78, 5) is 12.7. The van der Waals surface area contributed by atoms with E-state index in [1.165, 1.54) is 0 Å². The number of hydrogen-bond donors (Lipinski definition) is 1. The third-order valence-corrected chi connectivity index (χ3v) is 4.91. The first-order valence-electron chi connectivity index (χ1n) is 9.09. The maximum absolute atomic E-state index is 12.7. The Labute approximate surface area is 177 Å². The van der Waals surface area contributed by atoms with Gasteiger partial charge in [0.05, 0.1) is 5.56 Å². The average Bonchev–Trinajstić information content (AvgIpc) is 3.12. The van der Waals surface area contributed by atoms with Crippen molar-refractivity contribution in [2.75, 3.05) is 5.32 Å². The van der Waals surface area contributed by atoms with Crippen LogP contribution in [0.2, 0.25) is 0 Å². The van der Waals surface area contributed by atoms with Crippen LogP contribution in [0, 0.1) is 6.92 Å². The van der Waals surface area contributed by atoms with Gasteiger partial charge in [-0.3, -0.25) is 4.79 Å². The number of anilines is 1. The highest BCUT2D eigenvalue weighted by atomic mass is 79.9. The number of benzene rings is 3. The van der Waals surface area contributed by atoms with Crippen molar-refractivity contribution < 1.29 is 13.9 Å². The zero-order valence-corrected chi connectivity index (χ0v) is 17.3. The van der Waals surface area contributed by atoms with E-state index in [2.05, 4.69) is 21.2 Å². The zero-order valence-electron chi connectivity index (χ0n) is 15.7. The molecule has 0 spiro atoms. The SMILES string of the molecule is Cc1oc(-c2ccc(Br)cc2)cc1C(=O)Nc1ccc(Oc2ccccc2)cc1. The van der Waals surface area contributed by atoms with E-state index in [0.717, 1.165) is 15.8 Å². The van der Waals surface area contributed by atoms with Gasteiger partial charge in [-0.25, -0.2) is 0 Å². The summed E-state index contributed by atoms with van der Waals surface area (Å²) in [5.74, 6) is 2.48. The molecule has 4 aromatic rings. The molecule has 3 aromatic carbocycles. The Morgan fingerprint density at radius 2 is 1.55 bits per heavy atom. The van der Waals surface area contributed by atoms with Crippen LogP contribution >= 0.6 is 15.9 Å². The topological polar surface area (TPSA) is 51.5 Å². The Morgan fingerprint density at radius 3 is 2.24 bits per heavy atom. The number of carbonyl (C=O) groups excluding carboxylic acids is 1. The first-order valence-corrected chi connectivity index (χ1v) is 9.88. The molecule has 29 heavy (non-hydrogen) atoms. The summed E-state index contributed by atoms with van der Waals surface area (Å²) in [6.45, 7) is 1.79. The number of halogens is 1. The third kappa shape index (κ3) is 4.58. The predicted molar refractivity (Wildman–Crippen MR) is 117 cm³/mol. The lowest BCUT2D eigenvalue weighted by Crippen LogP contribution is -2.11. The maximum Gasteiger partial charge on any atom is 0.259 e. The number of nitrogens with one attached hydrogen (secondary N) is 1. The minimum absolute atomic E-state index is 0.216. The normalized spacial score (nSPS) is 10.6. The summed E-state index contributed by atoms with van der Waals surface area (Å²) in [5.41, 5.74) is 2.10. The van der Waals surface area contributed by atoms with Crippen LogP contribution in [-0.4, -0.2) is 5.91 Å². The average molecular weight is 448 g/mol. The number of carbonyl (C=O) groups is 1. The molecular formula is C24H18BrNO3. The highest BCUT2D eigenvalue weighted by Gasteiger charge is 2.16. The number of amides is 1. The summed E-state index contributed by atoms with van der Waals surface area (Å²) >= 11 is 3.42. The molecular weight excluding hydrogens is 430 g/mol. The van der Waals surface area contributed by atoms with E-state index in [-0.39, 0.29) is 5.91 Å². The number of aryl methyl sites for hydroxylation is 1. The molecule has 144 valence electrons. The molecule has 0 atom stereocenters. The van der Waals surface area contributed by atoms with Crippen molar-refractivity contribution in [1.29, 1.82) is 0 Å².